The number of fused-ring (bicyclic) bond motifs is 1. The maximum absolute atomic E-state index is 11.2. The lowest BCUT2D eigenvalue weighted by molar-refractivity contribution is -0.137. The highest BCUT2D eigenvalue weighted by Gasteiger charge is 2.35. The highest BCUT2D eigenvalue weighted by atomic mass is 16.5. The summed E-state index contributed by atoms with van der Waals surface area (Å²) in [4.78, 5) is 11.2. The number of carboxylic acids is 1. The molecule has 0 saturated heterocycles. The van der Waals surface area contributed by atoms with Gasteiger partial charge in [-0.25, -0.2) is 0 Å². The van der Waals surface area contributed by atoms with Crippen LogP contribution in [-0.2, 0) is 11.8 Å². The number of hydrogen-bond donors (Lipinski definition) is 1. The summed E-state index contributed by atoms with van der Waals surface area (Å²) in [6, 6.07) is 5.96. The van der Waals surface area contributed by atoms with Crippen molar-refractivity contribution in [3.63, 3.8) is 0 Å². The number of aliphatic carboxylic acids is 1. The Morgan fingerprint density at radius 3 is 2.85 bits per heavy atom. The normalized spacial score (nSPS) is 16.3. The Kier molecular flexibility index (Phi) is 3.16. The Morgan fingerprint density at radius 2 is 2.25 bits per heavy atom. The fraction of sp³-hybridized carbons (Fsp3) is 0.438. The molecule has 3 rings (SSSR count). The van der Waals surface area contributed by atoms with Crippen LogP contribution in [0, 0.1) is 5.92 Å². The summed E-state index contributed by atoms with van der Waals surface area (Å²) in [6.45, 7) is 0. The first-order chi connectivity index (χ1) is 9.61. The predicted octanol–water partition coefficient (Wildman–Crippen LogP) is 3.16. The fourth-order valence-electron chi connectivity index (χ4n) is 3.11. The fourth-order valence-corrected chi connectivity index (χ4v) is 3.11. The molecule has 1 atom stereocenters. The van der Waals surface area contributed by atoms with Gasteiger partial charge < -0.3 is 14.4 Å². The van der Waals surface area contributed by atoms with Gasteiger partial charge in [-0.2, -0.15) is 0 Å². The van der Waals surface area contributed by atoms with Gasteiger partial charge in [-0.3, -0.25) is 4.79 Å². The summed E-state index contributed by atoms with van der Waals surface area (Å²) in [7, 11) is 3.66. The van der Waals surface area contributed by atoms with Crippen molar-refractivity contribution in [1.29, 1.82) is 0 Å². The first kappa shape index (κ1) is 13.0. The van der Waals surface area contributed by atoms with E-state index < -0.39 is 5.97 Å². The van der Waals surface area contributed by atoms with Crippen molar-refractivity contribution in [3.8, 4) is 5.75 Å². The summed E-state index contributed by atoms with van der Waals surface area (Å²) >= 11 is 0. The number of aryl methyl sites for hydroxylation is 1. The quantitative estimate of drug-likeness (QED) is 0.910. The van der Waals surface area contributed by atoms with E-state index in [1.54, 1.807) is 7.11 Å². The molecule has 4 heteroatoms. The zero-order valence-corrected chi connectivity index (χ0v) is 11.8. The summed E-state index contributed by atoms with van der Waals surface area (Å²) in [5, 5.41) is 10.3. The predicted molar refractivity (Wildman–Crippen MR) is 77.2 cm³/mol. The Morgan fingerprint density at radius 1 is 1.50 bits per heavy atom. The molecule has 2 aromatic rings. The smallest absolute Gasteiger partial charge is 0.303 e. The molecule has 1 saturated carbocycles. The number of ether oxygens (including phenoxy) is 1. The van der Waals surface area contributed by atoms with Crippen LogP contribution in [0.4, 0.5) is 0 Å². The average Bonchev–Trinajstić information content (AvgIpc) is 3.21. The molecular formula is C16H19NO3. The van der Waals surface area contributed by atoms with Gasteiger partial charge in [0.05, 0.1) is 19.0 Å². The summed E-state index contributed by atoms with van der Waals surface area (Å²) < 4.78 is 7.54. The molecule has 1 aromatic heterocycles. The minimum absolute atomic E-state index is 0.0903. The van der Waals surface area contributed by atoms with Crippen molar-refractivity contribution in [2.45, 2.75) is 25.2 Å². The molecule has 1 unspecified atom stereocenters. The van der Waals surface area contributed by atoms with E-state index in [4.69, 9.17) is 4.74 Å². The molecule has 0 bridgehead atoms. The highest BCUT2D eigenvalue weighted by Crippen LogP contribution is 2.48. The van der Waals surface area contributed by atoms with Crippen LogP contribution in [0.5, 0.6) is 5.75 Å². The molecule has 0 aliphatic heterocycles. The molecule has 20 heavy (non-hydrogen) atoms. The molecule has 0 amide bonds. The molecule has 0 spiro atoms. The van der Waals surface area contributed by atoms with Crippen LogP contribution in [-0.4, -0.2) is 22.8 Å². The van der Waals surface area contributed by atoms with E-state index in [2.05, 4.69) is 10.8 Å². The Balaban J connectivity index is 2.16. The minimum atomic E-state index is -0.728. The molecule has 4 nitrogen and oxygen atoms in total. The Labute approximate surface area is 118 Å². The van der Waals surface area contributed by atoms with Crippen molar-refractivity contribution in [2.75, 3.05) is 7.11 Å². The van der Waals surface area contributed by atoms with Gasteiger partial charge in [0.1, 0.15) is 5.75 Å². The monoisotopic (exact) mass is 273 g/mol. The third kappa shape index (κ3) is 2.15. The second-order valence-electron chi connectivity index (χ2n) is 5.59. The zero-order chi connectivity index (χ0) is 14.3. The number of rotatable bonds is 5. The molecule has 1 fully saturated rings. The lowest BCUT2D eigenvalue weighted by Gasteiger charge is -2.14. The van der Waals surface area contributed by atoms with E-state index in [1.807, 2.05) is 25.2 Å². The topological polar surface area (TPSA) is 51.5 Å². The maximum Gasteiger partial charge on any atom is 0.303 e. The average molecular weight is 273 g/mol. The maximum atomic E-state index is 11.2. The van der Waals surface area contributed by atoms with Crippen LogP contribution in [0.15, 0.2) is 24.4 Å². The van der Waals surface area contributed by atoms with Gasteiger partial charge in [-0.1, -0.05) is 6.07 Å². The molecule has 0 radical (unpaired) electrons. The molecule has 1 heterocycles. The lowest BCUT2D eigenvalue weighted by atomic mass is 9.90. The van der Waals surface area contributed by atoms with Crippen LogP contribution in [0.2, 0.25) is 0 Å². The number of aromatic nitrogens is 1. The van der Waals surface area contributed by atoms with Gasteiger partial charge >= 0.3 is 5.97 Å². The van der Waals surface area contributed by atoms with Gasteiger partial charge in [0.15, 0.2) is 0 Å². The largest absolute Gasteiger partial charge is 0.496 e. The zero-order valence-electron chi connectivity index (χ0n) is 11.8. The number of nitrogens with zero attached hydrogens (tertiary/aromatic N) is 1. The minimum Gasteiger partial charge on any atom is -0.496 e. The van der Waals surface area contributed by atoms with Crippen molar-refractivity contribution in [1.82, 2.24) is 4.57 Å². The van der Waals surface area contributed by atoms with Crippen molar-refractivity contribution in [3.05, 3.63) is 30.0 Å². The van der Waals surface area contributed by atoms with E-state index in [0.29, 0.717) is 5.92 Å². The number of carboxylic acid groups (broad SMARTS) is 1. The van der Waals surface area contributed by atoms with Crippen molar-refractivity contribution in [2.24, 2.45) is 13.0 Å². The van der Waals surface area contributed by atoms with Crippen molar-refractivity contribution >= 4 is 16.9 Å². The van der Waals surface area contributed by atoms with Crippen molar-refractivity contribution < 1.29 is 14.6 Å². The summed E-state index contributed by atoms with van der Waals surface area (Å²) in [6.07, 6.45) is 4.52. The summed E-state index contributed by atoms with van der Waals surface area (Å²) in [5.41, 5.74) is 2.21. The van der Waals surface area contributed by atoms with Crippen LogP contribution < -0.4 is 4.74 Å². The first-order valence-electron chi connectivity index (χ1n) is 6.95. The molecule has 1 aliphatic rings. The van der Waals surface area contributed by atoms with Crippen LogP contribution in [0.3, 0.4) is 0 Å². The third-order valence-electron chi connectivity index (χ3n) is 4.21. The van der Waals surface area contributed by atoms with Crippen LogP contribution in [0.1, 0.15) is 30.7 Å². The molecule has 1 aromatic carbocycles. The van der Waals surface area contributed by atoms with Gasteiger partial charge in [0.2, 0.25) is 0 Å². The Bertz CT molecular complexity index is 655. The first-order valence-corrected chi connectivity index (χ1v) is 6.95. The van der Waals surface area contributed by atoms with Gasteiger partial charge in [-0.05, 0) is 42.4 Å². The van der Waals surface area contributed by atoms with E-state index in [1.165, 1.54) is 0 Å². The number of methoxy groups -OCH3 is 1. The number of carbonyl (C=O) groups is 1. The van der Waals surface area contributed by atoms with E-state index in [0.717, 1.165) is 35.1 Å². The van der Waals surface area contributed by atoms with Gasteiger partial charge in [0, 0.05) is 18.6 Å². The lowest BCUT2D eigenvalue weighted by Crippen LogP contribution is -2.08. The second-order valence-corrected chi connectivity index (χ2v) is 5.59. The molecule has 1 N–H and O–H groups in total. The highest BCUT2D eigenvalue weighted by molar-refractivity contribution is 5.91. The Hall–Kier alpha value is -1.97. The van der Waals surface area contributed by atoms with Crippen LogP contribution in [0.25, 0.3) is 10.9 Å². The van der Waals surface area contributed by atoms with E-state index in [-0.39, 0.29) is 12.3 Å². The molecular weight excluding hydrogens is 254 g/mol. The molecule has 106 valence electrons. The number of benzene rings is 1. The van der Waals surface area contributed by atoms with E-state index >= 15 is 0 Å². The van der Waals surface area contributed by atoms with Crippen LogP contribution >= 0.6 is 0 Å². The third-order valence-corrected chi connectivity index (χ3v) is 4.21. The number of hydrogen-bond acceptors (Lipinski definition) is 2. The SMILES string of the molecule is COc1cccc2c1c(C(CC(=O)O)C1CC1)cn2C. The van der Waals surface area contributed by atoms with Gasteiger partial charge in [-0.15, -0.1) is 0 Å². The van der Waals surface area contributed by atoms with E-state index in [9.17, 15) is 9.90 Å². The standard InChI is InChI=1S/C16H19NO3/c1-17-9-12(11(8-15(18)19)10-6-7-10)16-13(17)4-3-5-14(16)20-2/h3-5,9-11H,6-8H2,1-2H3,(H,18,19). The van der Waals surface area contributed by atoms with Gasteiger partial charge in [0.25, 0.3) is 0 Å². The molecule has 1 aliphatic carbocycles. The second kappa shape index (κ2) is 4.85. The summed E-state index contributed by atoms with van der Waals surface area (Å²) in [5.74, 6) is 0.692.